The van der Waals surface area contributed by atoms with Crippen LogP contribution in [0.15, 0.2) is 16.6 Å². The highest BCUT2D eigenvalue weighted by Crippen LogP contribution is 2.33. The lowest BCUT2D eigenvalue weighted by Gasteiger charge is -2.19. The summed E-state index contributed by atoms with van der Waals surface area (Å²) in [4.78, 5) is 10.6. The lowest BCUT2D eigenvalue weighted by molar-refractivity contribution is -0.137. The molecule has 19 heavy (non-hydrogen) atoms. The van der Waals surface area contributed by atoms with Gasteiger partial charge >= 0.3 is 5.97 Å². The number of rotatable bonds is 7. The van der Waals surface area contributed by atoms with Gasteiger partial charge in [-0.1, -0.05) is 15.9 Å². The van der Waals surface area contributed by atoms with Crippen LogP contribution in [-0.2, 0) is 16.1 Å². The Balaban J connectivity index is 3.10. The Morgan fingerprint density at radius 2 is 2.16 bits per heavy atom. The highest BCUT2D eigenvalue weighted by molar-refractivity contribution is 9.10. The zero-order chi connectivity index (χ0) is 14.4. The van der Waals surface area contributed by atoms with Crippen LogP contribution < -0.4 is 10.5 Å². The SMILES string of the molecule is COCc1cc(Br)cc(OC)c1C(N)CCC(=O)O. The first-order chi connectivity index (χ1) is 8.99. The van der Waals surface area contributed by atoms with Crippen molar-refractivity contribution in [2.45, 2.75) is 25.5 Å². The van der Waals surface area contributed by atoms with Crippen molar-refractivity contribution in [1.82, 2.24) is 0 Å². The summed E-state index contributed by atoms with van der Waals surface area (Å²) in [5.41, 5.74) is 7.78. The van der Waals surface area contributed by atoms with Gasteiger partial charge in [0.2, 0.25) is 0 Å². The van der Waals surface area contributed by atoms with Gasteiger partial charge in [0.1, 0.15) is 5.75 Å². The molecule has 6 heteroatoms. The molecule has 0 spiro atoms. The van der Waals surface area contributed by atoms with Crippen molar-refractivity contribution in [2.75, 3.05) is 14.2 Å². The second-order valence-corrected chi connectivity index (χ2v) is 5.07. The Hall–Kier alpha value is -1.11. The van der Waals surface area contributed by atoms with Gasteiger partial charge in [0, 0.05) is 29.6 Å². The van der Waals surface area contributed by atoms with Crippen molar-refractivity contribution in [2.24, 2.45) is 5.73 Å². The third-order valence-electron chi connectivity index (χ3n) is 2.75. The van der Waals surface area contributed by atoms with E-state index in [2.05, 4.69) is 15.9 Å². The maximum Gasteiger partial charge on any atom is 0.303 e. The molecule has 1 aromatic carbocycles. The van der Waals surface area contributed by atoms with E-state index in [0.29, 0.717) is 18.8 Å². The molecule has 0 radical (unpaired) electrons. The highest BCUT2D eigenvalue weighted by Gasteiger charge is 2.18. The van der Waals surface area contributed by atoms with Gasteiger partial charge in [-0.25, -0.2) is 0 Å². The van der Waals surface area contributed by atoms with Crippen molar-refractivity contribution in [3.63, 3.8) is 0 Å². The van der Waals surface area contributed by atoms with Gasteiger partial charge in [-0.3, -0.25) is 4.79 Å². The first-order valence-electron chi connectivity index (χ1n) is 5.82. The zero-order valence-corrected chi connectivity index (χ0v) is 12.6. The number of aliphatic carboxylic acids is 1. The molecule has 1 atom stereocenters. The zero-order valence-electron chi connectivity index (χ0n) is 11.0. The molecule has 1 rings (SSSR count). The van der Waals surface area contributed by atoms with E-state index in [4.69, 9.17) is 20.3 Å². The van der Waals surface area contributed by atoms with E-state index in [-0.39, 0.29) is 6.42 Å². The van der Waals surface area contributed by atoms with Crippen molar-refractivity contribution in [3.05, 3.63) is 27.7 Å². The molecule has 0 saturated heterocycles. The highest BCUT2D eigenvalue weighted by atomic mass is 79.9. The normalized spacial score (nSPS) is 12.2. The number of ether oxygens (including phenoxy) is 2. The molecule has 106 valence electrons. The number of carboxylic acids is 1. The van der Waals surface area contributed by atoms with Crippen molar-refractivity contribution in [1.29, 1.82) is 0 Å². The molecular formula is C13H18BrNO4. The second-order valence-electron chi connectivity index (χ2n) is 4.15. The molecule has 0 amide bonds. The van der Waals surface area contributed by atoms with Crippen LogP contribution in [0.5, 0.6) is 5.75 Å². The predicted molar refractivity (Wildman–Crippen MR) is 75.2 cm³/mol. The number of methoxy groups -OCH3 is 2. The van der Waals surface area contributed by atoms with Gasteiger partial charge in [0.25, 0.3) is 0 Å². The molecule has 0 aliphatic rings. The summed E-state index contributed by atoms with van der Waals surface area (Å²) in [5.74, 6) is -0.223. The van der Waals surface area contributed by atoms with Crippen LogP contribution >= 0.6 is 15.9 Å². The quantitative estimate of drug-likeness (QED) is 0.802. The van der Waals surface area contributed by atoms with E-state index in [1.807, 2.05) is 12.1 Å². The average Bonchev–Trinajstić information content (AvgIpc) is 2.35. The van der Waals surface area contributed by atoms with Crippen molar-refractivity contribution >= 4 is 21.9 Å². The molecule has 1 aromatic rings. The molecule has 0 heterocycles. The van der Waals surface area contributed by atoms with Gasteiger partial charge < -0.3 is 20.3 Å². The fourth-order valence-electron chi connectivity index (χ4n) is 1.94. The summed E-state index contributed by atoms with van der Waals surface area (Å²) in [5, 5.41) is 8.73. The number of benzene rings is 1. The number of carbonyl (C=O) groups is 1. The third-order valence-corrected chi connectivity index (χ3v) is 3.21. The molecule has 0 aliphatic heterocycles. The number of hydrogen-bond donors (Lipinski definition) is 2. The third kappa shape index (κ3) is 4.49. The summed E-state index contributed by atoms with van der Waals surface area (Å²) in [6, 6.07) is 3.32. The van der Waals surface area contributed by atoms with E-state index < -0.39 is 12.0 Å². The number of carboxylic acid groups (broad SMARTS) is 1. The lowest BCUT2D eigenvalue weighted by Crippen LogP contribution is -2.16. The fraction of sp³-hybridized carbons (Fsp3) is 0.462. The Morgan fingerprint density at radius 3 is 2.68 bits per heavy atom. The van der Waals surface area contributed by atoms with Crippen LogP contribution in [0.25, 0.3) is 0 Å². The standard InChI is InChI=1S/C13H18BrNO4/c1-18-7-8-5-9(14)6-11(19-2)13(8)10(15)3-4-12(16)17/h5-6,10H,3-4,7,15H2,1-2H3,(H,16,17). The molecule has 1 unspecified atom stereocenters. The Morgan fingerprint density at radius 1 is 1.47 bits per heavy atom. The molecule has 0 saturated carbocycles. The molecule has 0 aromatic heterocycles. The summed E-state index contributed by atoms with van der Waals surface area (Å²) >= 11 is 3.40. The van der Waals surface area contributed by atoms with E-state index >= 15 is 0 Å². The maximum absolute atomic E-state index is 10.6. The number of hydrogen-bond acceptors (Lipinski definition) is 4. The molecule has 0 aliphatic carbocycles. The van der Waals surface area contributed by atoms with Crippen LogP contribution in [0.4, 0.5) is 0 Å². The minimum absolute atomic E-state index is 0.0206. The topological polar surface area (TPSA) is 81.8 Å². The molecule has 0 bridgehead atoms. The fourth-order valence-corrected chi connectivity index (χ4v) is 2.42. The Bertz CT molecular complexity index is 451. The number of nitrogens with two attached hydrogens (primary N) is 1. The summed E-state index contributed by atoms with van der Waals surface area (Å²) in [7, 11) is 3.16. The van der Waals surface area contributed by atoms with Crippen LogP contribution in [0.3, 0.4) is 0 Å². The van der Waals surface area contributed by atoms with Gasteiger partial charge in [-0.05, 0) is 24.1 Å². The molecule has 3 N–H and O–H groups in total. The van der Waals surface area contributed by atoms with E-state index in [1.54, 1.807) is 14.2 Å². The average molecular weight is 332 g/mol. The van der Waals surface area contributed by atoms with Gasteiger partial charge in [-0.15, -0.1) is 0 Å². The van der Waals surface area contributed by atoms with E-state index in [0.717, 1.165) is 15.6 Å². The van der Waals surface area contributed by atoms with E-state index in [9.17, 15) is 4.79 Å². The lowest BCUT2D eigenvalue weighted by atomic mass is 9.96. The first-order valence-corrected chi connectivity index (χ1v) is 6.61. The van der Waals surface area contributed by atoms with Crippen molar-refractivity contribution in [3.8, 4) is 5.75 Å². The summed E-state index contributed by atoms with van der Waals surface area (Å²) in [6.07, 6.45) is 0.372. The van der Waals surface area contributed by atoms with Gasteiger partial charge in [0.05, 0.1) is 13.7 Å². The minimum atomic E-state index is -0.861. The predicted octanol–water partition coefficient (Wildman–Crippen LogP) is 2.47. The van der Waals surface area contributed by atoms with Gasteiger partial charge in [-0.2, -0.15) is 0 Å². The van der Waals surface area contributed by atoms with Crippen molar-refractivity contribution < 1.29 is 19.4 Å². The summed E-state index contributed by atoms with van der Waals surface area (Å²) in [6.45, 7) is 0.395. The monoisotopic (exact) mass is 331 g/mol. The maximum atomic E-state index is 10.6. The minimum Gasteiger partial charge on any atom is -0.496 e. The van der Waals surface area contributed by atoms with Crippen LogP contribution in [0.1, 0.15) is 30.0 Å². The second kappa shape index (κ2) is 7.47. The summed E-state index contributed by atoms with van der Waals surface area (Å²) < 4.78 is 11.3. The molecular weight excluding hydrogens is 314 g/mol. The number of halogens is 1. The van der Waals surface area contributed by atoms with Crippen LogP contribution in [0, 0.1) is 0 Å². The van der Waals surface area contributed by atoms with Crippen LogP contribution in [0.2, 0.25) is 0 Å². The van der Waals surface area contributed by atoms with Gasteiger partial charge in [0.15, 0.2) is 0 Å². The first kappa shape index (κ1) is 15.9. The van der Waals surface area contributed by atoms with E-state index in [1.165, 1.54) is 0 Å². The largest absolute Gasteiger partial charge is 0.496 e. The molecule has 5 nitrogen and oxygen atoms in total. The smallest absolute Gasteiger partial charge is 0.303 e. The Labute approximate surface area is 120 Å². The molecule has 0 fully saturated rings. The van der Waals surface area contributed by atoms with Crippen LogP contribution in [-0.4, -0.2) is 25.3 Å². The Kier molecular flexibility index (Phi) is 6.27.